The lowest BCUT2D eigenvalue weighted by Gasteiger charge is -2.25. The summed E-state index contributed by atoms with van der Waals surface area (Å²) in [5.41, 5.74) is 5.90. The van der Waals surface area contributed by atoms with Gasteiger partial charge >= 0.3 is 0 Å². The standard InChI is InChI=1S/C32H30FN3O2/c1-20-9-13-27(29(33)17-20)25-15-16-34-30(28(19-25)24-7-5-4-6-8-24)32-35-31(36-38-32)26-14-12-23(18-21(26)2)11-10-22(3)37/h4-9,12-15,18-20,27,29H,10-11,17H2,1-3H3. The number of aromatic nitrogens is 2. The van der Waals surface area contributed by atoms with E-state index in [-0.39, 0.29) is 23.5 Å². The molecule has 6 heteroatoms. The summed E-state index contributed by atoms with van der Waals surface area (Å²) < 4.78 is 20.8. The maximum absolute atomic E-state index is 15.1. The van der Waals surface area contributed by atoms with Crippen LogP contribution in [0.15, 0.2) is 87.9 Å². The smallest absolute Gasteiger partial charge is 0.278 e. The molecule has 5 rings (SSSR count). The van der Waals surface area contributed by atoms with Crippen molar-refractivity contribution < 1.29 is 13.7 Å². The van der Waals surface area contributed by atoms with Gasteiger partial charge in [0.05, 0.1) is 0 Å². The fourth-order valence-electron chi connectivity index (χ4n) is 4.91. The van der Waals surface area contributed by atoms with E-state index in [1.807, 2.05) is 68.5 Å². The van der Waals surface area contributed by atoms with Gasteiger partial charge in [0, 0.05) is 29.6 Å². The fraction of sp³-hybridized carbons (Fsp3) is 0.281. The first-order chi connectivity index (χ1) is 18.4. The Morgan fingerprint density at radius 3 is 2.71 bits per heavy atom. The van der Waals surface area contributed by atoms with Gasteiger partial charge in [-0.1, -0.05) is 72.8 Å². The molecule has 3 unspecified atom stereocenters. The maximum Gasteiger partial charge on any atom is 0.278 e. The van der Waals surface area contributed by atoms with Crippen molar-refractivity contribution in [2.24, 2.45) is 16.8 Å². The van der Waals surface area contributed by atoms with Crippen LogP contribution in [0.4, 0.5) is 4.39 Å². The summed E-state index contributed by atoms with van der Waals surface area (Å²) in [4.78, 5) is 20.6. The van der Waals surface area contributed by atoms with Gasteiger partial charge in [0.15, 0.2) is 0 Å². The van der Waals surface area contributed by atoms with Crippen molar-refractivity contribution in [2.45, 2.75) is 46.2 Å². The zero-order valence-electron chi connectivity index (χ0n) is 21.8. The molecular weight excluding hydrogens is 477 g/mol. The number of nitrogens with zero attached hydrogens (tertiary/aromatic N) is 3. The second-order valence-corrected chi connectivity index (χ2v) is 10.1. The highest BCUT2D eigenvalue weighted by atomic mass is 19.1. The Bertz CT molecular complexity index is 1510. The van der Waals surface area contributed by atoms with Crippen LogP contribution >= 0.6 is 0 Å². The number of aliphatic imine (C=N–C) groups is 1. The van der Waals surface area contributed by atoms with Crippen molar-refractivity contribution in [3.8, 4) is 11.4 Å². The molecule has 3 aromatic rings. The highest BCUT2D eigenvalue weighted by molar-refractivity contribution is 5.97. The fourth-order valence-corrected chi connectivity index (χ4v) is 4.91. The second kappa shape index (κ2) is 11.1. The molecule has 2 heterocycles. The van der Waals surface area contributed by atoms with Gasteiger partial charge in [-0.15, -0.1) is 0 Å². The molecule has 3 atom stereocenters. The van der Waals surface area contributed by atoms with Crippen molar-refractivity contribution in [2.75, 3.05) is 0 Å². The molecule has 1 aliphatic carbocycles. The number of hydrogen-bond donors (Lipinski definition) is 0. The summed E-state index contributed by atoms with van der Waals surface area (Å²) in [7, 11) is 0. The second-order valence-electron chi connectivity index (χ2n) is 10.1. The Morgan fingerprint density at radius 2 is 1.97 bits per heavy atom. The SMILES string of the molecule is CC(=O)CCc1ccc(-c2noc(C3=C(c4ccccc4)C=C(C4C=CC(C)CC4F)C=C=N3)n2)c(C)c1. The summed E-state index contributed by atoms with van der Waals surface area (Å²) in [6, 6.07) is 15.8. The predicted molar refractivity (Wildman–Crippen MR) is 148 cm³/mol. The van der Waals surface area contributed by atoms with Crippen molar-refractivity contribution in [3.05, 3.63) is 101 Å². The molecule has 0 saturated carbocycles. The third-order valence-corrected chi connectivity index (χ3v) is 7.00. The van der Waals surface area contributed by atoms with Gasteiger partial charge in [0.1, 0.15) is 17.7 Å². The van der Waals surface area contributed by atoms with Crippen LogP contribution in [0.1, 0.15) is 49.3 Å². The lowest BCUT2D eigenvalue weighted by molar-refractivity contribution is -0.116. The van der Waals surface area contributed by atoms with Crippen LogP contribution in [0.25, 0.3) is 22.7 Å². The number of ketones is 1. The summed E-state index contributed by atoms with van der Waals surface area (Å²) in [5, 5.41) is 4.25. The quantitative estimate of drug-likeness (QED) is 0.319. The van der Waals surface area contributed by atoms with E-state index >= 15 is 4.39 Å². The number of carbonyl (C=O) groups excluding carboxylic acids is 1. The summed E-state index contributed by atoms with van der Waals surface area (Å²) >= 11 is 0. The van der Waals surface area contributed by atoms with Gasteiger partial charge in [-0.3, -0.25) is 0 Å². The minimum Gasteiger partial charge on any atom is -0.332 e. The van der Waals surface area contributed by atoms with Crippen molar-refractivity contribution in [1.82, 2.24) is 10.1 Å². The third-order valence-electron chi connectivity index (χ3n) is 7.00. The lowest BCUT2D eigenvalue weighted by Crippen LogP contribution is -2.22. The number of Topliss-reactive ketones (excluding diaryl/α,β-unsaturated/α-hetero) is 1. The number of benzene rings is 2. The minimum absolute atomic E-state index is 0.170. The Kier molecular flexibility index (Phi) is 7.43. The predicted octanol–water partition coefficient (Wildman–Crippen LogP) is 7.15. The molecule has 0 fully saturated rings. The molecular formula is C32H30FN3O2. The zero-order valence-corrected chi connectivity index (χ0v) is 21.8. The van der Waals surface area contributed by atoms with Crippen molar-refractivity contribution >= 4 is 22.9 Å². The van der Waals surface area contributed by atoms with Crippen LogP contribution in [-0.2, 0) is 11.2 Å². The highest BCUT2D eigenvalue weighted by Crippen LogP contribution is 2.36. The van der Waals surface area contributed by atoms with E-state index in [1.54, 1.807) is 13.0 Å². The maximum atomic E-state index is 15.1. The molecule has 5 nitrogen and oxygen atoms in total. The van der Waals surface area contributed by atoms with E-state index in [0.29, 0.717) is 30.8 Å². The molecule has 0 saturated heterocycles. The first-order valence-corrected chi connectivity index (χ1v) is 13.0. The number of allylic oxidation sites excluding steroid dienone is 6. The Labute approximate surface area is 222 Å². The van der Waals surface area contributed by atoms with Crippen molar-refractivity contribution in [1.29, 1.82) is 0 Å². The first-order valence-electron chi connectivity index (χ1n) is 13.0. The first kappa shape index (κ1) is 25.5. The molecule has 0 radical (unpaired) electrons. The van der Waals surface area contributed by atoms with Gasteiger partial charge < -0.3 is 9.32 Å². The van der Waals surface area contributed by atoms with E-state index in [4.69, 9.17) is 9.51 Å². The van der Waals surface area contributed by atoms with Crippen LogP contribution in [-0.4, -0.2) is 28.0 Å². The van der Waals surface area contributed by atoms with Crippen LogP contribution in [0.2, 0.25) is 0 Å². The Morgan fingerprint density at radius 1 is 1.16 bits per heavy atom. The summed E-state index contributed by atoms with van der Waals surface area (Å²) in [6.45, 7) is 5.62. The minimum atomic E-state index is -0.978. The largest absolute Gasteiger partial charge is 0.332 e. The molecule has 1 aliphatic heterocycles. The molecule has 0 N–H and O–H groups in total. The highest BCUT2D eigenvalue weighted by Gasteiger charge is 2.28. The molecule has 38 heavy (non-hydrogen) atoms. The molecule has 2 aliphatic rings. The molecule has 192 valence electrons. The Balaban J connectivity index is 1.54. The number of rotatable bonds is 7. The van der Waals surface area contributed by atoms with E-state index in [2.05, 4.69) is 28.2 Å². The third kappa shape index (κ3) is 5.56. The number of carbonyl (C=O) groups is 1. The van der Waals surface area contributed by atoms with E-state index in [1.165, 1.54) is 0 Å². The van der Waals surface area contributed by atoms with Gasteiger partial charge in [-0.2, -0.15) is 9.98 Å². The van der Waals surface area contributed by atoms with E-state index in [9.17, 15) is 4.79 Å². The molecule has 0 amide bonds. The van der Waals surface area contributed by atoms with Crippen LogP contribution in [0.3, 0.4) is 0 Å². The number of halogens is 1. The average Bonchev–Trinajstić information content (AvgIpc) is 3.27. The number of aryl methyl sites for hydroxylation is 2. The summed E-state index contributed by atoms with van der Waals surface area (Å²) in [5.74, 6) is 3.72. The molecule has 0 spiro atoms. The normalized spacial score (nSPS) is 20.9. The zero-order chi connectivity index (χ0) is 26.6. The topological polar surface area (TPSA) is 68.3 Å². The van der Waals surface area contributed by atoms with Crippen LogP contribution in [0, 0.1) is 18.8 Å². The van der Waals surface area contributed by atoms with Gasteiger partial charge in [0.25, 0.3) is 5.89 Å². The Hall–Kier alpha value is -4.15. The van der Waals surface area contributed by atoms with Crippen LogP contribution < -0.4 is 0 Å². The number of alkyl halides is 1. The molecule has 1 aromatic heterocycles. The van der Waals surface area contributed by atoms with E-state index < -0.39 is 6.17 Å². The monoisotopic (exact) mass is 507 g/mol. The average molecular weight is 508 g/mol. The van der Waals surface area contributed by atoms with Gasteiger partial charge in [0.2, 0.25) is 5.82 Å². The number of hydrogen-bond acceptors (Lipinski definition) is 5. The van der Waals surface area contributed by atoms with Crippen LogP contribution in [0.5, 0.6) is 0 Å². The molecule has 0 bridgehead atoms. The van der Waals surface area contributed by atoms with Gasteiger partial charge in [-0.05, 0) is 66.8 Å². The lowest BCUT2D eigenvalue weighted by atomic mass is 9.82. The molecule has 2 aromatic carbocycles. The van der Waals surface area contributed by atoms with Crippen molar-refractivity contribution in [3.63, 3.8) is 0 Å². The van der Waals surface area contributed by atoms with Gasteiger partial charge in [-0.25, -0.2) is 4.39 Å². The van der Waals surface area contributed by atoms with E-state index in [0.717, 1.165) is 33.4 Å². The summed E-state index contributed by atoms with van der Waals surface area (Å²) in [6.07, 6.45) is 8.45.